The Hall–Kier alpha value is -2.70. The largest absolute Gasteiger partial charge is 0.478 e. The van der Waals surface area contributed by atoms with Gasteiger partial charge in [0.1, 0.15) is 5.70 Å². The van der Waals surface area contributed by atoms with Crippen LogP contribution >= 0.6 is 22.6 Å². The van der Waals surface area contributed by atoms with E-state index in [2.05, 4.69) is 14.8 Å². The fourth-order valence-corrected chi connectivity index (χ4v) is 2.31. The summed E-state index contributed by atoms with van der Waals surface area (Å²) in [5.74, 6) is -3.29. The molecule has 24 heavy (non-hydrogen) atoms. The molecule has 2 N–H and O–H groups in total. The number of nitro groups is 1. The number of carboxylic acids is 1. The maximum absolute atomic E-state index is 11.7. The molecule has 0 atom stereocenters. The van der Waals surface area contributed by atoms with E-state index in [1.807, 2.05) is 0 Å². The zero-order valence-corrected chi connectivity index (χ0v) is 14.5. The number of benzene rings is 1. The van der Waals surface area contributed by atoms with E-state index in [0.717, 1.165) is 32.4 Å². The molecule has 0 saturated carbocycles. The van der Waals surface area contributed by atoms with Gasteiger partial charge in [0.05, 0.1) is 36.5 Å². The molecular formula is C13H11IN2O8. The molecule has 10 nitrogen and oxygen atoms in total. The van der Waals surface area contributed by atoms with Gasteiger partial charge in [-0.3, -0.25) is 10.1 Å². The van der Waals surface area contributed by atoms with Crippen LogP contribution < -0.4 is 5.32 Å². The summed E-state index contributed by atoms with van der Waals surface area (Å²) >= 11 is 1.66. The molecule has 0 aliphatic rings. The molecule has 1 rings (SSSR count). The summed E-state index contributed by atoms with van der Waals surface area (Å²) in [6, 6.07) is 1.95. The number of nitrogens with zero attached hydrogens (tertiary/aromatic N) is 1. The number of nitro benzene ring substituents is 1. The number of methoxy groups -OCH3 is 2. The quantitative estimate of drug-likeness (QED) is 0.217. The molecule has 0 unspecified atom stereocenters. The molecule has 0 saturated heterocycles. The minimum atomic E-state index is -1.46. The number of halogens is 1. The molecule has 0 amide bonds. The third-order valence-electron chi connectivity index (χ3n) is 2.64. The van der Waals surface area contributed by atoms with Crippen molar-refractivity contribution in [2.75, 3.05) is 19.5 Å². The highest BCUT2D eigenvalue weighted by Crippen LogP contribution is 2.30. The van der Waals surface area contributed by atoms with Crippen LogP contribution in [0.4, 0.5) is 11.4 Å². The fraction of sp³-hybridized carbons (Fsp3) is 0.154. The summed E-state index contributed by atoms with van der Waals surface area (Å²) in [4.78, 5) is 44.5. The first-order valence-electron chi connectivity index (χ1n) is 6.07. The first kappa shape index (κ1) is 19.3. The summed E-state index contributed by atoms with van der Waals surface area (Å²) in [5, 5.41) is 22.5. The van der Waals surface area contributed by atoms with Gasteiger partial charge in [0, 0.05) is 15.7 Å². The summed E-state index contributed by atoms with van der Waals surface area (Å²) in [5.41, 5.74) is -1.37. The van der Waals surface area contributed by atoms with Gasteiger partial charge < -0.3 is 19.9 Å². The van der Waals surface area contributed by atoms with Crippen molar-refractivity contribution in [1.82, 2.24) is 0 Å². The summed E-state index contributed by atoms with van der Waals surface area (Å²) in [6.45, 7) is 0. The Kier molecular flexibility index (Phi) is 6.64. The van der Waals surface area contributed by atoms with Gasteiger partial charge in [0.2, 0.25) is 0 Å². The van der Waals surface area contributed by atoms with E-state index in [-0.39, 0.29) is 9.26 Å². The Morgan fingerprint density at radius 3 is 2.38 bits per heavy atom. The number of nitrogens with one attached hydrogen (secondary N) is 1. The molecular weight excluding hydrogens is 439 g/mol. The highest BCUT2D eigenvalue weighted by Gasteiger charge is 2.23. The third kappa shape index (κ3) is 4.65. The second-order valence-electron chi connectivity index (χ2n) is 4.11. The van der Waals surface area contributed by atoms with Gasteiger partial charge in [0.15, 0.2) is 0 Å². The molecule has 128 valence electrons. The van der Waals surface area contributed by atoms with Crippen molar-refractivity contribution in [3.05, 3.63) is 43.2 Å². The van der Waals surface area contributed by atoms with Gasteiger partial charge in [-0.1, -0.05) is 0 Å². The Morgan fingerprint density at radius 2 is 1.92 bits per heavy atom. The van der Waals surface area contributed by atoms with Crippen molar-refractivity contribution in [3.63, 3.8) is 0 Å². The number of rotatable bonds is 6. The van der Waals surface area contributed by atoms with Crippen LogP contribution in [0.15, 0.2) is 23.9 Å². The van der Waals surface area contributed by atoms with Gasteiger partial charge >= 0.3 is 17.9 Å². The van der Waals surface area contributed by atoms with E-state index in [1.54, 1.807) is 22.6 Å². The first-order valence-corrected chi connectivity index (χ1v) is 7.15. The van der Waals surface area contributed by atoms with E-state index in [1.165, 1.54) is 0 Å². The third-order valence-corrected chi connectivity index (χ3v) is 3.50. The van der Waals surface area contributed by atoms with Gasteiger partial charge in [-0.15, -0.1) is 0 Å². The molecule has 0 aliphatic carbocycles. The van der Waals surface area contributed by atoms with Crippen molar-refractivity contribution in [2.45, 2.75) is 0 Å². The molecule has 1 aromatic carbocycles. The van der Waals surface area contributed by atoms with E-state index in [4.69, 9.17) is 0 Å². The molecule has 0 bridgehead atoms. The number of carboxylic acid groups (broad SMARTS) is 1. The predicted molar refractivity (Wildman–Crippen MR) is 88.5 cm³/mol. The van der Waals surface area contributed by atoms with Crippen LogP contribution in [0.1, 0.15) is 10.4 Å². The van der Waals surface area contributed by atoms with Crippen molar-refractivity contribution in [2.24, 2.45) is 0 Å². The van der Waals surface area contributed by atoms with Gasteiger partial charge in [0.25, 0.3) is 5.69 Å². The minimum Gasteiger partial charge on any atom is -0.478 e. The predicted octanol–water partition coefficient (Wildman–Crippen LogP) is 1.54. The highest BCUT2D eigenvalue weighted by atomic mass is 127. The number of carbonyl (C=O) groups is 3. The number of aromatic carboxylic acids is 1. The first-order chi connectivity index (χ1) is 11.2. The Bertz CT molecular complexity index is 744. The maximum atomic E-state index is 11.7. The second kappa shape index (κ2) is 8.24. The van der Waals surface area contributed by atoms with Crippen molar-refractivity contribution in [1.29, 1.82) is 0 Å². The lowest BCUT2D eigenvalue weighted by atomic mass is 10.1. The van der Waals surface area contributed by atoms with Crippen LogP contribution in [0.2, 0.25) is 0 Å². The van der Waals surface area contributed by atoms with Crippen LogP contribution in [-0.4, -0.2) is 42.2 Å². The van der Waals surface area contributed by atoms with Gasteiger partial charge in [-0.2, -0.15) is 0 Å². The molecule has 0 fully saturated rings. The average Bonchev–Trinajstić information content (AvgIpc) is 2.53. The molecule has 1 aromatic rings. The fourth-order valence-electron chi connectivity index (χ4n) is 1.56. The second-order valence-corrected chi connectivity index (χ2v) is 5.27. The lowest BCUT2D eigenvalue weighted by molar-refractivity contribution is -0.385. The molecule has 0 aromatic heterocycles. The molecule has 0 spiro atoms. The molecule has 0 aliphatic heterocycles. The van der Waals surface area contributed by atoms with Crippen LogP contribution in [0.25, 0.3) is 0 Å². The van der Waals surface area contributed by atoms with Gasteiger partial charge in [-0.05, 0) is 22.6 Å². The highest BCUT2D eigenvalue weighted by molar-refractivity contribution is 14.1. The lowest BCUT2D eigenvalue weighted by Gasteiger charge is -2.13. The topological polar surface area (TPSA) is 145 Å². The van der Waals surface area contributed by atoms with Crippen LogP contribution in [0.5, 0.6) is 0 Å². The van der Waals surface area contributed by atoms with E-state index >= 15 is 0 Å². The van der Waals surface area contributed by atoms with Crippen LogP contribution in [0.3, 0.4) is 0 Å². The number of non-ortho nitro benzene ring substituents is 1. The van der Waals surface area contributed by atoms with Gasteiger partial charge in [-0.25, -0.2) is 14.4 Å². The lowest BCUT2D eigenvalue weighted by Crippen LogP contribution is -2.18. The minimum absolute atomic E-state index is 0.103. The smallest absolute Gasteiger partial charge is 0.354 e. The number of carbonyl (C=O) groups excluding carboxylic acids is 2. The molecule has 0 radical (unpaired) electrons. The number of ether oxygens (including phenoxy) is 2. The average molecular weight is 450 g/mol. The zero-order chi connectivity index (χ0) is 18.4. The monoisotopic (exact) mass is 450 g/mol. The summed E-state index contributed by atoms with van der Waals surface area (Å²) < 4.78 is 9.05. The number of hydrogen-bond acceptors (Lipinski definition) is 8. The number of hydrogen-bond donors (Lipinski definition) is 2. The molecule has 0 heterocycles. The SMILES string of the molecule is COC(=O)/C=C(/Nc1c(I)cc([N+](=O)[O-])cc1C(=O)O)C(=O)OC. The Labute approximate surface area is 148 Å². The summed E-state index contributed by atoms with van der Waals surface area (Å²) in [7, 11) is 2.15. The van der Waals surface area contributed by atoms with Crippen molar-refractivity contribution in [3.8, 4) is 0 Å². The number of anilines is 1. The zero-order valence-electron chi connectivity index (χ0n) is 12.4. The Balaban J connectivity index is 3.46. The Morgan fingerprint density at radius 1 is 1.29 bits per heavy atom. The van der Waals surface area contributed by atoms with Crippen LogP contribution in [0, 0.1) is 13.7 Å². The van der Waals surface area contributed by atoms with E-state index in [0.29, 0.717) is 0 Å². The normalized spacial score (nSPS) is 10.7. The van der Waals surface area contributed by atoms with Crippen molar-refractivity contribution < 1.29 is 33.9 Å². The van der Waals surface area contributed by atoms with Crippen molar-refractivity contribution >= 4 is 51.9 Å². The molecule has 11 heteroatoms. The van der Waals surface area contributed by atoms with E-state index in [9.17, 15) is 29.6 Å². The standard InChI is InChI=1S/C13H11IN2O8/c1-23-10(17)5-9(13(20)24-2)15-11-7(12(18)19)3-6(16(21)22)4-8(11)14/h3-5,15H,1-2H3,(H,18,19)/b9-5+. The van der Waals surface area contributed by atoms with Crippen LogP contribution in [-0.2, 0) is 19.1 Å². The maximum Gasteiger partial charge on any atom is 0.354 e. The summed E-state index contributed by atoms with van der Waals surface area (Å²) in [6.07, 6.45) is 0.773. The van der Waals surface area contributed by atoms with E-state index < -0.39 is 39.8 Å². The number of esters is 2.